The number of hydrogen-bond acceptors (Lipinski definition) is 2. The van der Waals surface area contributed by atoms with Crippen molar-refractivity contribution >= 4 is 17.3 Å². The molecular formula is C9H9FN2O. The Balaban J connectivity index is 2.64. The van der Waals surface area contributed by atoms with Crippen LogP contribution in [-0.2, 0) is 11.2 Å². The van der Waals surface area contributed by atoms with E-state index in [0.717, 1.165) is 0 Å². The molecule has 1 aliphatic rings. The average molecular weight is 180 g/mol. The predicted octanol–water partition coefficient (Wildman–Crippen LogP) is 0.927. The molecule has 0 unspecified atom stereocenters. The number of likely N-dealkylation sites (N-methyl/N-ethyl adjacent to an activating group) is 1. The van der Waals surface area contributed by atoms with Crippen molar-refractivity contribution in [3.8, 4) is 0 Å². The summed E-state index contributed by atoms with van der Waals surface area (Å²) < 4.78 is 13.3. The Hall–Kier alpha value is -1.58. The lowest BCUT2D eigenvalue weighted by Crippen LogP contribution is -2.20. The Kier molecular flexibility index (Phi) is 1.52. The smallest absolute Gasteiger partial charge is 0.231 e. The van der Waals surface area contributed by atoms with E-state index in [1.165, 1.54) is 11.0 Å². The first-order chi connectivity index (χ1) is 6.11. The molecule has 2 rings (SSSR count). The lowest BCUT2D eigenvalue weighted by Gasteiger charge is -2.09. The fourth-order valence-corrected chi connectivity index (χ4v) is 1.52. The minimum atomic E-state index is -0.463. The minimum Gasteiger partial charge on any atom is -0.396 e. The standard InChI is InChI=1S/C9H9FN2O/c1-12-7-3-2-6(11)9(10)5(7)4-8(12)13/h2-3H,4,11H2,1H3. The maximum Gasteiger partial charge on any atom is 0.231 e. The van der Waals surface area contributed by atoms with Crippen molar-refractivity contribution in [3.63, 3.8) is 0 Å². The fraction of sp³-hybridized carbons (Fsp3) is 0.222. The lowest BCUT2D eigenvalue weighted by molar-refractivity contribution is -0.117. The van der Waals surface area contributed by atoms with E-state index in [2.05, 4.69) is 0 Å². The highest BCUT2D eigenvalue weighted by atomic mass is 19.1. The number of nitrogen functional groups attached to an aromatic ring is 1. The second kappa shape index (κ2) is 2.45. The quantitative estimate of drug-likeness (QED) is 0.603. The molecule has 0 saturated carbocycles. The largest absolute Gasteiger partial charge is 0.396 e. The number of benzene rings is 1. The Morgan fingerprint density at radius 3 is 2.92 bits per heavy atom. The van der Waals surface area contributed by atoms with Crippen LogP contribution in [0.1, 0.15) is 5.56 Å². The number of anilines is 2. The molecule has 1 heterocycles. The Morgan fingerprint density at radius 2 is 2.23 bits per heavy atom. The Labute approximate surface area is 74.9 Å². The summed E-state index contributed by atoms with van der Waals surface area (Å²) in [4.78, 5) is 12.7. The van der Waals surface area contributed by atoms with Crippen LogP contribution in [0.5, 0.6) is 0 Å². The second-order valence-electron chi connectivity index (χ2n) is 3.10. The van der Waals surface area contributed by atoms with Crippen molar-refractivity contribution in [3.05, 3.63) is 23.5 Å². The van der Waals surface area contributed by atoms with Gasteiger partial charge in [0.15, 0.2) is 5.82 Å². The first-order valence-corrected chi connectivity index (χ1v) is 3.94. The molecule has 0 aliphatic carbocycles. The first-order valence-electron chi connectivity index (χ1n) is 3.94. The number of halogens is 1. The molecule has 2 N–H and O–H groups in total. The fourth-order valence-electron chi connectivity index (χ4n) is 1.52. The zero-order valence-electron chi connectivity index (χ0n) is 7.17. The molecular weight excluding hydrogens is 171 g/mol. The molecule has 0 radical (unpaired) electrons. The molecule has 1 aliphatic heterocycles. The van der Waals surface area contributed by atoms with E-state index in [-0.39, 0.29) is 18.0 Å². The number of nitrogens with two attached hydrogens (primary N) is 1. The molecule has 13 heavy (non-hydrogen) atoms. The van der Waals surface area contributed by atoms with Gasteiger partial charge in [0.1, 0.15) is 0 Å². The molecule has 3 nitrogen and oxygen atoms in total. The van der Waals surface area contributed by atoms with Gasteiger partial charge >= 0.3 is 0 Å². The molecule has 0 saturated heterocycles. The van der Waals surface area contributed by atoms with Gasteiger partial charge < -0.3 is 10.6 Å². The normalized spacial score (nSPS) is 14.9. The van der Waals surface area contributed by atoms with Crippen molar-refractivity contribution in [2.75, 3.05) is 17.7 Å². The molecule has 0 bridgehead atoms. The zero-order chi connectivity index (χ0) is 9.59. The van der Waals surface area contributed by atoms with Crippen LogP contribution in [0.15, 0.2) is 12.1 Å². The Morgan fingerprint density at radius 1 is 1.54 bits per heavy atom. The zero-order valence-corrected chi connectivity index (χ0v) is 7.17. The van der Waals surface area contributed by atoms with Crippen LogP contribution >= 0.6 is 0 Å². The van der Waals surface area contributed by atoms with Gasteiger partial charge in [0.05, 0.1) is 17.8 Å². The molecule has 0 aromatic heterocycles. The van der Waals surface area contributed by atoms with Crippen LogP contribution in [0.25, 0.3) is 0 Å². The molecule has 0 atom stereocenters. The van der Waals surface area contributed by atoms with Crippen LogP contribution in [0, 0.1) is 5.82 Å². The number of hydrogen-bond donors (Lipinski definition) is 1. The van der Waals surface area contributed by atoms with Crippen molar-refractivity contribution in [1.29, 1.82) is 0 Å². The lowest BCUT2D eigenvalue weighted by atomic mass is 10.1. The summed E-state index contributed by atoms with van der Waals surface area (Å²) in [7, 11) is 1.63. The van der Waals surface area contributed by atoms with Gasteiger partial charge in [-0.05, 0) is 12.1 Å². The molecule has 68 valence electrons. The number of amides is 1. The third-order valence-electron chi connectivity index (χ3n) is 2.31. The van der Waals surface area contributed by atoms with Crippen LogP contribution in [0.3, 0.4) is 0 Å². The van der Waals surface area contributed by atoms with E-state index in [1.807, 2.05) is 0 Å². The number of carbonyl (C=O) groups is 1. The highest BCUT2D eigenvalue weighted by Crippen LogP contribution is 2.32. The molecule has 0 spiro atoms. The average Bonchev–Trinajstić information content (AvgIpc) is 2.38. The third kappa shape index (κ3) is 0.983. The van der Waals surface area contributed by atoms with E-state index < -0.39 is 5.82 Å². The summed E-state index contributed by atoms with van der Waals surface area (Å²) in [5, 5.41) is 0. The maximum atomic E-state index is 13.3. The summed E-state index contributed by atoms with van der Waals surface area (Å²) in [6.07, 6.45) is 0.114. The van der Waals surface area contributed by atoms with Gasteiger partial charge in [-0.1, -0.05) is 0 Å². The number of carbonyl (C=O) groups excluding carboxylic acids is 1. The number of rotatable bonds is 0. The van der Waals surface area contributed by atoms with Gasteiger partial charge in [-0.25, -0.2) is 4.39 Å². The summed E-state index contributed by atoms with van der Waals surface area (Å²) in [6.45, 7) is 0. The minimum absolute atomic E-state index is 0.0977. The van der Waals surface area contributed by atoms with E-state index in [9.17, 15) is 9.18 Å². The van der Waals surface area contributed by atoms with Crippen molar-refractivity contribution in [1.82, 2.24) is 0 Å². The number of fused-ring (bicyclic) bond motifs is 1. The summed E-state index contributed by atoms with van der Waals surface area (Å²) in [6, 6.07) is 3.14. The monoisotopic (exact) mass is 180 g/mol. The van der Waals surface area contributed by atoms with Crippen LogP contribution < -0.4 is 10.6 Å². The van der Waals surface area contributed by atoms with Crippen LogP contribution in [0.4, 0.5) is 15.8 Å². The third-order valence-corrected chi connectivity index (χ3v) is 2.31. The first kappa shape index (κ1) is 8.04. The maximum absolute atomic E-state index is 13.3. The second-order valence-corrected chi connectivity index (χ2v) is 3.10. The van der Waals surface area contributed by atoms with Crippen LogP contribution in [0.2, 0.25) is 0 Å². The number of nitrogens with zero attached hydrogens (tertiary/aromatic N) is 1. The van der Waals surface area contributed by atoms with Gasteiger partial charge in [0.2, 0.25) is 5.91 Å². The molecule has 1 aromatic carbocycles. The molecule has 1 amide bonds. The highest BCUT2D eigenvalue weighted by molar-refractivity contribution is 6.01. The highest BCUT2D eigenvalue weighted by Gasteiger charge is 2.27. The van der Waals surface area contributed by atoms with Crippen molar-refractivity contribution < 1.29 is 9.18 Å². The van der Waals surface area contributed by atoms with Gasteiger partial charge in [-0.2, -0.15) is 0 Å². The Bertz CT molecular complexity index is 389. The SMILES string of the molecule is CN1C(=O)Cc2c1ccc(N)c2F. The van der Waals surface area contributed by atoms with Crippen molar-refractivity contribution in [2.45, 2.75) is 6.42 Å². The van der Waals surface area contributed by atoms with E-state index in [0.29, 0.717) is 11.3 Å². The molecule has 4 heteroatoms. The van der Waals surface area contributed by atoms with Crippen molar-refractivity contribution in [2.24, 2.45) is 0 Å². The van der Waals surface area contributed by atoms with Gasteiger partial charge in [0, 0.05) is 12.6 Å². The van der Waals surface area contributed by atoms with E-state index in [1.54, 1.807) is 13.1 Å². The molecule has 1 aromatic rings. The van der Waals surface area contributed by atoms with Gasteiger partial charge in [-0.3, -0.25) is 4.79 Å². The van der Waals surface area contributed by atoms with Gasteiger partial charge in [0.25, 0.3) is 0 Å². The summed E-state index contributed by atoms with van der Waals surface area (Å²) in [5.74, 6) is -0.560. The molecule has 0 fully saturated rings. The van der Waals surface area contributed by atoms with E-state index in [4.69, 9.17) is 5.73 Å². The van der Waals surface area contributed by atoms with E-state index >= 15 is 0 Å². The summed E-state index contributed by atoms with van der Waals surface area (Å²) >= 11 is 0. The van der Waals surface area contributed by atoms with Crippen LogP contribution in [-0.4, -0.2) is 13.0 Å². The predicted molar refractivity (Wildman–Crippen MR) is 47.9 cm³/mol. The summed E-state index contributed by atoms with van der Waals surface area (Å²) in [5.41, 5.74) is 6.51. The van der Waals surface area contributed by atoms with Gasteiger partial charge in [-0.15, -0.1) is 0 Å². The topological polar surface area (TPSA) is 46.3 Å².